The number of nitrogens with zero attached hydrogens (tertiary/aromatic N) is 5. The van der Waals surface area contributed by atoms with Gasteiger partial charge in [0.2, 0.25) is 11.8 Å². The molecule has 0 unspecified atom stereocenters. The summed E-state index contributed by atoms with van der Waals surface area (Å²) in [6.45, 7) is 5.13. The van der Waals surface area contributed by atoms with Gasteiger partial charge in [0.1, 0.15) is 11.5 Å². The SMILES string of the molecule is COc1ccc(Oc2nc(N3CCN(C)CC3)nc3c2CN(C(=O)NCc2ccccc2)CC3)cc1. The van der Waals surface area contributed by atoms with Crippen LogP contribution in [0.25, 0.3) is 0 Å². The molecule has 2 aliphatic heterocycles. The van der Waals surface area contributed by atoms with Crippen molar-refractivity contribution in [3.63, 3.8) is 0 Å². The maximum Gasteiger partial charge on any atom is 0.317 e. The van der Waals surface area contributed by atoms with E-state index in [4.69, 9.17) is 19.4 Å². The largest absolute Gasteiger partial charge is 0.497 e. The molecule has 3 heterocycles. The lowest BCUT2D eigenvalue weighted by atomic mass is 10.1. The van der Waals surface area contributed by atoms with Gasteiger partial charge in [-0.3, -0.25) is 0 Å². The summed E-state index contributed by atoms with van der Waals surface area (Å²) in [6, 6.07) is 17.2. The summed E-state index contributed by atoms with van der Waals surface area (Å²) >= 11 is 0. The molecule has 36 heavy (non-hydrogen) atoms. The van der Waals surface area contributed by atoms with E-state index >= 15 is 0 Å². The Morgan fingerprint density at radius 2 is 1.67 bits per heavy atom. The molecule has 9 nitrogen and oxygen atoms in total. The molecule has 5 rings (SSSR count). The Balaban J connectivity index is 1.38. The number of fused-ring (bicyclic) bond motifs is 1. The van der Waals surface area contributed by atoms with Crippen molar-refractivity contribution in [1.29, 1.82) is 0 Å². The summed E-state index contributed by atoms with van der Waals surface area (Å²) in [7, 11) is 3.76. The lowest BCUT2D eigenvalue weighted by molar-refractivity contribution is 0.190. The van der Waals surface area contributed by atoms with Crippen LogP contribution >= 0.6 is 0 Å². The molecule has 0 atom stereocenters. The number of piperazine rings is 1. The van der Waals surface area contributed by atoms with E-state index in [1.165, 1.54) is 0 Å². The number of methoxy groups -OCH3 is 1. The number of urea groups is 1. The quantitative estimate of drug-likeness (QED) is 0.570. The van der Waals surface area contributed by atoms with E-state index in [9.17, 15) is 4.79 Å². The minimum atomic E-state index is -0.108. The van der Waals surface area contributed by atoms with Crippen molar-refractivity contribution in [2.45, 2.75) is 19.5 Å². The number of aromatic nitrogens is 2. The van der Waals surface area contributed by atoms with Gasteiger partial charge in [0.25, 0.3) is 0 Å². The van der Waals surface area contributed by atoms with Gasteiger partial charge in [-0.15, -0.1) is 0 Å². The van der Waals surface area contributed by atoms with Crippen molar-refractivity contribution in [1.82, 2.24) is 25.1 Å². The molecule has 3 aromatic rings. The van der Waals surface area contributed by atoms with Crippen LogP contribution in [0.3, 0.4) is 0 Å². The van der Waals surface area contributed by atoms with E-state index < -0.39 is 0 Å². The summed E-state index contributed by atoms with van der Waals surface area (Å²) in [5.41, 5.74) is 2.85. The summed E-state index contributed by atoms with van der Waals surface area (Å²) in [5, 5.41) is 3.03. The van der Waals surface area contributed by atoms with E-state index in [0.29, 0.717) is 43.6 Å². The predicted molar refractivity (Wildman–Crippen MR) is 138 cm³/mol. The minimum absolute atomic E-state index is 0.108. The molecule has 1 saturated heterocycles. The lowest BCUT2D eigenvalue weighted by Crippen LogP contribution is -2.46. The fourth-order valence-corrected chi connectivity index (χ4v) is 4.42. The predicted octanol–water partition coefficient (Wildman–Crippen LogP) is 3.30. The first-order valence-corrected chi connectivity index (χ1v) is 12.3. The Kier molecular flexibility index (Phi) is 7.18. The normalized spacial score (nSPS) is 15.8. The number of anilines is 1. The van der Waals surface area contributed by atoms with Crippen LogP contribution in [0, 0.1) is 0 Å². The highest BCUT2D eigenvalue weighted by molar-refractivity contribution is 5.74. The second-order valence-electron chi connectivity index (χ2n) is 9.14. The van der Waals surface area contributed by atoms with Gasteiger partial charge < -0.3 is 29.5 Å². The molecule has 188 valence electrons. The number of hydrogen-bond donors (Lipinski definition) is 1. The maximum absolute atomic E-state index is 13.0. The zero-order valence-electron chi connectivity index (χ0n) is 20.8. The molecule has 1 aromatic heterocycles. The fourth-order valence-electron chi connectivity index (χ4n) is 4.42. The Morgan fingerprint density at radius 3 is 2.39 bits per heavy atom. The van der Waals surface area contributed by atoms with Gasteiger partial charge >= 0.3 is 6.03 Å². The van der Waals surface area contributed by atoms with Crippen LogP contribution in [-0.4, -0.2) is 72.7 Å². The third-order valence-corrected chi connectivity index (χ3v) is 6.64. The van der Waals surface area contributed by atoms with E-state index in [1.807, 2.05) is 54.6 Å². The summed E-state index contributed by atoms with van der Waals surface area (Å²) < 4.78 is 11.6. The Bertz CT molecular complexity index is 1180. The smallest absolute Gasteiger partial charge is 0.317 e. The zero-order valence-corrected chi connectivity index (χ0v) is 20.8. The van der Waals surface area contributed by atoms with Crippen molar-refractivity contribution < 1.29 is 14.3 Å². The highest BCUT2D eigenvalue weighted by Gasteiger charge is 2.28. The van der Waals surface area contributed by atoms with Crippen LogP contribution in [0.5, 0.6) is 17.4 Å². The molecule has 0 radical (unpaired) electrons. The highest BCUT2D eigenvalue weighted by Crippen LogP contribution is 2.32. The van der Waals surface area contributed by atoms with Crippen molar-refractivity contribution in [2.75, 3.05) is 51.8 Å². The average molecular weight is 489 g/mol. The molecule has 0 spiro atoms. The number of hydrogen-bond acceptors (Lipinski definition) is 7. The van der Waals surface area contributed by atoms with Crippen molar-refractivity contribution in [3.05, 3.63) is 71.4 Å². The average Bonchev–Trinajstić information content (AvgIpc) is 2.93. The van der Waals surface area contributed by atoms with E-state index in [1.54, 1.807) is 12.0 Å². The number of carbonyl (C=O) groups excluding carboxylic acids is 1. The monoisotopic (exact) mass is 488 g/mol. The third kappa shape index (κ3) is 5.52. The van der Waals surface area contributed by atoms with Gasteiger partial charge in [-0.1, -0.05) is 30.3 Å². The molecule has 9 heteroatoms. The Hall–Kier alpha value is -3.85. The standard InChI is InChI=1S/C27H32N6O3/c1-31-14-16-32(17-15-31)26-29-24-12-13-33(27(34)28-18-20-6-4-3-5-7-20)19-23(24)25(30-26)36-22-10-8-21(35-2)9-11-22/h3-11H,12-19H2,1-2H3,(H,28,34). The van der Waals surface area contributed by atoms with Crippen LogP contribution in [0.1, 0.15) is 16.8 Å². The summed E-state index contributed by atoms with van der Waals surface area (Å²) in [4.78, 5) is 29.0. The van der Waals surface area contributed by atoms with Crippen molar-refractivity contribution in [3.8, 4) is 17.4 Å². The number of rotatable bonds is 6. The van der Waals surface area contributed by atoms with Gasteiger partial charge in [-0.2, -0.15) is 4.98 Å². The van der Waals surface area contributed by atoms with Gasteiger partial charge in [0.05, 0.1) is 24.9 Å². The van der Waals surface area contributed by atoms with Crippen molar-refractivity contribution >= 4 is 12.0 Å². The molecule has 0 saturated carbocycles. The maximum atomic E-state index is 13.0. The molecule has 1 N–H and O–H groups in total. The zero-order chi connectivity index (χ0) is 24.9. The van der Waals surface area contributed by atoms with Gasteiger partial charge in [0.15, 0.2) is 0 Å². The number of benzene rings is 2. The number of nitrogens with one attached hydrogen (secondary N) is 1. The first kappa shape index (κ1) is 23.9. The van der Waals surface area contributed by atoms with E-state index in [2.05, 4.69) is 22.2 Å². The first-order valence-electron chi connectivity index (χ1n) is 12.3. The van der Waals surface area contributed by atoms with Crippen molar-refractivity contribution in [2.24, 2.45) is 0 Å². The molecule has 0 aliphatic carbocycles. The van der Waals surface area contributed by atoms with Crippen LogP contribution in [0.4, 0.5) is 10.7 Å². The second-order valence-corrected chi connectivity index (χ2v) is 9.14. The summed E-state index contributed by atoms with van der Waals surface area (Å²) in [6.07, 6.45) is 0.649. The van der Waals surface area contributed by atoms with E-state index in [0.717, 1.165) is 48.7 Å². The number of ether oxygens (including phenoxy) is 2. The van der Waals surface area contributed by atoms with Gasteiger partial charge in [-0.05, 0) is 36.9 Å². The molecule has 2 aromatic carbocycles. The molecule has 1 fully saturated rings. The number of amides is 2. The Morgan fingerprint density at radius 1 is 0.944 bits per heavy atom. The van der Waals surface area contributed by atoms with Crippen LogP contribution in [0.15, 0.2) is 54.6 Å². The molecular weight excluding hydrogens is 456 g/mol. The molecular formula is C27H32N6O3. The number of carbonyl (C=O) groups is 1. The second kappa shape index (κ2) is 10.8. The Labute approximate surface area is 211 Å². The van der Waals surface area contributed by atoms with E-state index in [-0.39, 0.29) is 6.03 Å². The summed E-state index contributed by atoms with van der Waals surface area (Å²) in [5.74, 6) is 2.60. The fraction of sp³-hybridized carbons (Fsp3) is 0.370. The molecule has 2 aliphatic rings. The first-order chi connectivity index (χ1) is 17.6. The molecule has 2 amide bonds. The van der Waals surface area contributed by atoms with Gasteiger partial charge in [0, 0.05) is 45.7 Å². The molecule has 0 bridgehead atoms. The number of likely N-dealkylation sites (N-methyl/N-ethyl adjacent to an activating group) is 1. The topological polar surface area (TPSA) is 83.1 Å². The third-order valence-electron chi connectivity index (χ3n) is 6.64. The van der Waals surface area contributed by atoms with Crippen LogP contribution in [-0.2, 0) is 19.5 Å². The van der Waals surface area contributed by atoms with Gasteiger partial charge in [-0.25, -0.2) is 9.78 Å². The highest BCUT2D eigenvalue weighted by atomic mass is 16.5. The minimum Gasteiger partial charge on any atom is -0.497 e. The van der Waals surface area contributed by atoms with Crippen LogP contribution in [0.2, 0.25) is 0 Å². The van der Waals surface area contributed by atoms with Crippen LogP contribution < -0.4 is 19.7 Å². The lowest BCUT2D eigenvalue weighted by Gasteiger charge is -2.34.